The molecule has 1 unspecified atom stereocenters. The van der Waals surface area contributed by atoms with Crippen molar-refractivity contribution in [3.05, 3.63) is 16.5 Å². The first kappa shape index (κ1) is 17.2. The zero-order valence-electron chi connectivity index (χ0n) is 10.8. The van der Waals surface area contributed by atoms with Gasteiger partial charge in [0.05, 0.1) is 4.34 Å². The molecule has 0 aliphatic carbocycles. The fourth-order valence-electron chi connectivity index (χ4n) is 2.09. The van der Waals surface area contributed by atoms with Gasteiger partial charge in [0.15, 0.2) is 0 Å². The van der Waals surface area contributed by atoms with E-state index >= 15 is 0 Å². The van der Waals surface area contributed by atoms with E-state index in [9.17, 15) is 8.42 Å². The molecule has 8 heteroatoms. The third-order valence-corrected chi connectivity index (χ3v) is 6.96. The topological polar surface area (TPSA) is 63.4 Å². The Bertz CT molecular complexity index is 543. The number of thiophene rings is 1. The second-order valence-electron chi connectivity index (χ2n) is 5.28. The molecular formula is C11H18Cl2N2O2S2. The highest BCUT2D eigenvalue weighted by Crippen LogP contribution is 2.34. The zero-order chi connectivity index (χ0) is 13.6. The Kier molecular flexibility index (Phi) is 5.32. The van der Waals surface area contributed by atoms with Gasteiger partial charge in [-0.2, -0.15) is 4.31 Å². The molecule has 1 saturated heterocycles. The van der Waals surface area contributed by atoms with E-state index in [4.69, 9.17) is 17.3 Å². The SMILES string of the molecule is CC1(C)CN(S(=O)(=O)c2ccc(Cl)s2)CCC1N.Cl. The standard InChI is InChI=1S/C11H17ClN2O2S2.ClH/c1-11(2)7-14(6-5-8(11)13)18(15,16)10-4-3-9(12)17-10;/h3-4,8H,5-7,13H2,1-2H3;1H. The van der Waals surface area contributed by atoms with E-state index in [1.807, 2.05) is 13.8 Å². The summed E-state index contributed by atoms with van der Waals surface area (Å²) in [6.45, 7) is 4.93. The van der Waals surface area contributed by atoms with E-state index in [1.54, 1.807) is 12.1 Å². The van der Waals surface area contributed by atoms with Gasteiger partial charge in [-0.15, -0.1) is 23.7 Å². The Labute approximate surface area is 129 Å². The molecular weight excluding hydrogens is 327 g/mol. The first-order chi connectivity index (χ1) is 8.23. The molecule has 1 aliphatic heterocycles. The summed E-state index contributed by atoms with van der Waals surface area (Å²) in [5, 5.41) is 0. The number of hydrogen-bond donors (Lipinski definition) is 1. The van der Waals surface area contributed by atoms with Gasteiger partial charge in [-0.05, 0) is 24.0 Å². The summed E-state index contributed by atoms with van der Waals surface area (Å²) in [4.78, 5) is 0. The molecule has 1 aromatic heterocycles. The molecule has 2 N–H and O–H groups in total. The summed E-state index contributed by atoms with van der Waals surface area (Å²) >= 11 is 6.89. The van der Waals surface area contributed by atoms with Crippen LogP contribution in [0.3, 0.4) is 0 Å². The molecule has 0 saturated carbocycles. The van der Waals surface area contributed by atoms with Crippen molar-refractivity contribution >= 4 is 45.4 Å². The van der Waals surface area contributed by atoms with Crippen LogP contribution in [-0.4, -0.2) is 31.9 Å². The Balaban J connectivity index is 0.00000180. The van der Waals surface area contributed by atoms with Crippen LogP contribution in [0.15, 0.2) is 16.3 Å². The number of piperidine rings is 1. The molecule has 0 aromatic carbocycles. The number of halogens is 2. The van der Waals surface area contributed by atoms with Crippen LogP contribution in [0.2, 0.25) is 4.34 Å². The van der Waals surface area contributed by atoms with Crippen LogP contribution in [0.4, 0.5) is 0 Å². The molecule has 1 fully saturated rings. The number of sulfonamides is 1. The Morgan fingerprint density at radius 2 is 2.11 bits per heavy atom. The van der Waals surface area contributed by atoms with E-state index < -0.39 is 10.0 Å². The minimum absolute atomic E-state index is 0. The quantitative estimate of drug-likeness (QED) is 0.896. The van der Waals surface area contributed by atoms with Gasteiger partial charge < -0.3 is 5.73 Å². The fraction of sp³-hybridized carbons (Fsp3) is 0.636. The van der Waals surface area contributed by atoms with Gasteiger partial charge in [0.1, 0.15) is 4.21 Å². The first-order valence-corrected chi connectivity index (χ1v) is 8.38. The minimum atomic E-state index is -3.42. The molecule has 19 heavy (non-hydrogen) atoms. The first-order valence-electron chi connectivity index (χ1n) is 5.74. The average molecular weight is 345 g/mol. The molecule has 1 aromatic rings. The summed E-state index contributed by atoms with van der Waals surface area (Å²) < 4.78 is 27.2. The van der Waals surface area contributed by atoms with Crippen LogP contribution in [0.25, 0.3) is 0 Å². The Morgan fingerprint density at radius 1 is 1.47 bits per heavy atom. The molecule has 2 rings (SSSR count). The van der Waals surface area contributed by atoms with Gasteiger partial charge in [-0.3, -0.25) is 0 Å². The van der Waals surface area contributed by atoms with Crippen molar-refractivity contribution in [1.29, 1.82) is 0 Å². The zero-order valence-corrected chi connectivity index (χ0v) is 14.0. The summed E-state index contributed by atoms with van der Waals surface area (Å²) in [6, 6.07) is 3.21. The second-order valence-corrected chi connectivity index (χ2v) is 9.16. The molecule has 4 nitrogen and oxygen atoms in total. The normalized spacial score (nSPS) is 23.9. The predicted octanol–water partition coefficient (Wildman–Crippen LogP) is 2.57. The minimum Gasteiger partial charge on any atom is -0.327 e. The molecule has 110 valence electrons. The van der Waals surface area contributed by atoms with Crippen LogP contribution in [0, 0.1) is 5.41 Å². The van der Waals surface area contributed by atoms with E-state index in [1.165, 1.54) is 4.31 Å². The lowest BCUT2D eigenvalue weighted by Gasteiger charge is -2.41. The van der Waals surface area contributed by atoms with Gasteiger partial charge >= 0.3 is 0 Å². The van der Waals surface area contributed by atoms with Crippen molar-refractivity contribution in [3.8, 4) is 0 Å². The molecule has 1 atom stereocenters. The van der Waals surface area contributed by atoms with Crippen molar-refractivity contribution in [2.75, 3.05) is 13.1 Å². The van der Waals surface area contributed by atoms with Crippen molar-refractivity contribution in [3.63, 3.8) is 0 Å². The van der Waals surface area contributed by atoms with Gasteiger partial charge in [0.2, 0.25) is 0 Å². The molecule has 2 heterocycles. The predicted molar refractivity (Wildman–Crippen MR) is 81.7 cm³/mol. The molecule has 0 radical (unpaired) electrons. The van der Waals surface area contributed by atoms with E-state index in [0.717, 1.165) is 11.3 Å². The fourth-order valence-corrected chi connectivity index (χ4v) is 5.36. The summed E-state index contributed by atoms with van der Waals surface area (Å²) in [7, 11) is -3.42. The third kappa shape index (κ3) is 3.43. The largest absolute Gasteiger partial charge is 0.327 e. The van der Waals surface area contributed by atoms with Crippen molar-refractivity contribution < 1.29 is 8.42 Å². The monoisotopic (exact) mass is 344 g/mol. The number of nitrogens with zero attached hydrogens (tertiary/aromatic N) is 1. The highest BCUT2D eigenvalue weighted by atomic mass is 35.5. The third-order valence-electron chi connectivity index (χ3n) is 3.42. The maximum absolute atomic E-state index is 12.4. The second kappa shape index (κ2) is 5.87. The van der Waals surface area contributed by atoms with Crippen LogP contribution >= 0.6 is 35.3 Å². The smallest absolute Gasteiger partial charge is 0.252 e. The van der Waals surface area contributed by atoms with E-state index in [2.05, 4.69) is 0 Å². The molecule has 0 spiro atoms. The number of rotatable bonds is 2. The van der Waals surface area contributed by atoms with Crippen molar-refractivity contribution in [2.45, 2.75) is 30.5 Å². The Morgan fingerprint density at radius 3 is 2.58 bits per heavy atom. The van der Waals surface area contributed by atoms with Gasteiger partial charge in [0.25, 0.3) is 10.0 Å². The van der Waals surface area contributed by atoms with Gasteiger partial charge in [-0.25, -0.2) is 8.42 Å². The molecule has 0 bridgehead atoms. The molecule has 0 amide bonds. The highest BCUT2D eigenvalue weighted by molar-refractivity contribution is 7.91. The lowest BCUT2D eigenvalue weighted by atomic mass is 9.81. The van der Waals surface area contributed by atoms with Crippen LogP contribution in [-0.2, 0) is 10.0 Å². The number of nitrogens with two attached hydrogens (primary N) is 1. The van der Waals surface area contributed by atoms with Gasteiger partial charge in [0, 0.05) is 19.1 Å². The van der Waals surface area contributed by atoms with Crippen LogP contribution in [0.5, 0.6) is 0 Å². The van der Waals surface area contributed by atoms with E-state index in [-0.39, 0.29) is 23.9 Å². The van der Waals surface area contributed by atoms with Crippen LogP contribution < -0.4 is 5.73 Å². The lowest BCUT2D eigenvalue weighted by Crippen LogP contribution is -2.53. The van der Waals surface area contributed by atoms with Crippen molar-refractivity contribution in [1.82, 2.24) is 4.31 Å². The summed E-state index contributed by atoms with van der Waals surface area (Å²) in [6.07, 6.45) is 0.686. The van der Waals surface area contributed by atoms with Crippen LogP contribution in [0.1, 0.15) is 20.3 Å². The van der Waals surface area contributed by atoms with Gasteiger partial charge in [-0.1, -0.05) is 25.4 Å². The lowest BCUT2D eigenvalue weighted by molar-refractivity contribution is 0.156. The Hall–Kier alpha value is 0.150. The maximum Gasteiger partial charge on any atom is 0.252 e. The summed E-state index contributed by atoms with van der Waals surface area (Å²) in [5.41, 5.74) is 5.82. The molecule has 1 aliphatic rings. The highest BCUT2D eigenvalue weighted by Gasteiger charge is 2.39. The summed E-state index contributed by atoms with van der Waals surface area (Å²) in [5.74, 6) is 0. The van der Waals surface area contributed by atoms with E-state index in [0.29, 0.717) is 28.1 Å². The maximum atomic E-state index is 12.4. The average Bonchev–Trinajstić information content (AvgIpc) is 2.69. The number of hydrogen-bond acceptors (Lipinski definition) is 4. The van der Waals surface area contributed by atoms with Crippen molar-refractivity contribution in [2.24, 2.45) is 11.1 Å².